The molecule has 110 valence electrons. The van der Waals surface area contributed by atoms with E-state index >= 15 is 0 Å². The van der Waals surface area contributed by atoms with Crippen LogP contribution in [-0.2, 0) is 6.42 Å². The smallest absolute Gasteiger partial charge is 0.260 e. The first-order valence-corrected chi connectivity index (χ1v) is 7.49. The van der Waals surface area contributed by atoms with Crippen molar-refractivity contribution in [2.24, 2.45) is 0 Å². The van der Waals surface area contributed by atoms with Crippen molar-refractivity contribution in [2.75, 3.05) is 0 Å². The molecule has 0 amide bonds. The van der Waals surface area contributed by atoms with Crippen molar-refractivity contribution in [3.63, 3.8) is 0 Å². The third-order valence-corrected chi connectivity index (χ3v) is 3.83. The Morgan fingerprint density at radius 2 is 1.91 bits per heavy atom. The van der Waals surface area contributed by atoms with Gasteiger partial charge < -0.3 is 4.42 Å². The Morgan fingerprint density at radius 1 is 1.09 bits per heavy atom. The average molecular weight is 313 g/mol. The van der Waals surface area contributed by atoms with Gasteiger partial charge in [-0.25, -0.2) is 9.37 Å². The normalized spacial score (nSPS) is 10.6. The van der Waals surface area contributed by atoms with Crippen LogP contribution in [0.15, 0.2) is 70.2 Å². The van der Waals surface area contributed by atoms with Crippen molar-refractivity contribution in [3.05, 3.63) is 83.7 Å². The maximum absolute atomic E-state index is 12.9. The number of rotatable bonds is 4. The molecule has 22 heavy (non-hydrogen) atoms. The van der Waals surface area contributed by atoms with Gasteiger partial charge in [0, 0.05) is 12.6 Å². The van der Waals surface area contributed by atoms with Crippen LogP contribution in [0.1, 0.15) is 21.9 Å². The molecule has 1 aromatic carbocycles. The minimum Gasteiger partial charge on any atom is -0.457 e. The number of thioether (sulfide) groups is 1. The van der Waals surface area contributed by atoms with Gasteiger partial charge in [-0.3, -0.25) is 4.79 Å². The summed E-state index contributed by atoms with van der Waals surface area (Å²) in [5.74, 6) is 0.676. The number of carbonyl (C=O) groups is 1. The van der Waals surface area contributed by atoms with Gasteiger partial charge in [-0.2, -0.15) is 0 Å². The summed E-state index contributed by atoms with van der Waals surface area (Å²) in [6, 6.07) is 15.0. The highest BCUT2D eigenvalue weighted by molar-refractivity contribution is 8.14. The van der Waals surface area contributed by atoms with Crippen LogP contribution in [0.3, 0.4) is 0 Å². The van der Waals surface area contributed by atoms with E-state index in [0.717, 1.165) is 17.3 Å². The molecule has 3 aromatic rings. The van der Waals surface area contributed by atoms with Gasteiger partial charge in [0.05, 0.1) is 0 Å². The van der Waals surface area contributed by atoms with E-state index < -0.39 is 0 Å². The zero-order chi connectivity index (χ0) is 15.4. The molecule has 0 spiro atoms. The van der Waals surface area contributed by atoms with E-state index in [1.54, 1.807) is 42.6 Å². The molecule has 0 saturated heterocycles. The molecule has 0 aliphatic heterocycles. The van der Waals surface area contributed by atoms with E-state index in [1.807, 2.05) is 6.07 Å². The van der Waals surface area contributed by atoms with Crippen LogP contribution in [0.4, 0.5) is 4.39 Å². The van der Waals surface area contributed by atoms with Crippen LogP contribution >= 0.6 is 11.8 Å². The van der Waals surface area contributed by atoms with Crippen molar-refractivity contribution >= 4 is 16.9 Å². The number of nitrogens with zero attached hydrogens (tertiary/aromatic N) is 1. The molecular formula is C17H12FNO2S. The van der Waals surface area contributed by atoms with Crippen LogP contribution in [-0.4, -0.2) is 10.1 Å². The molecule has 0 unspecified atom stereocenters. The molecule has 3 rings (SSSR count). The second-order valence-corrected chi connectivity index (χ2v) is 5.62. The highest BCUT2D eigenvalue weighted by atomic mass is 32.2. The van der Waals surface area contributed by atoms with Gasteiger partial charge in [0.25, 0.3) is 5.12 Å². The van der Waals surface area contributed by atoms with E-state index in [0.29, 0.717) is 17.2 Å². The maximum atomic E-state index is 12.9. The number of carbonyl (C=O) groups excluding carboxylic acids is 1. The second kappa shape index (κ2) is 6.58. The summed E-state index contributed by atoms with van der Waals surface area (Å²) in [7, 11) is 0. The number of hydrogen-bond donors (Lipinski definition) is 0. The van der Waals surface area contributed by atoms with E-state index in [4.69, 9.17) is 4.42 Å². The van der Waals surface area contributed by atoms with Crippen molar-refractivity contribution in [1.29, 1.82) is 0 Å². The largest absolute Gasteiger partial charge is 0.457 e. The number of halogens is 1. The van der Waals surface area contributed by atoms with Crippen molar-refractivity contribution in [2.45, 2.75) is 11.4 Å². The maximum Gasteiger partial charge on any atom is 0.260 e. The van der Waals surface area contributed by atoms with Crippen LogP contribution in [0.2, 0.25) is 0 Å². The van der Waals surface area contributed by atoms with Crippen LogP contribution < -0.4 is 0 Å². The molecule has 0 aliphatic carbocycles. The Hall–Kier alpha value is -2.40. The number of furan rings is 1. The summed E-state index contributed by atoms with van der Waals surface area (Å²) < 4.78 is 18.4. The van der Waals surface area contributed by atoms with Gasteiger partial charge in [0.1, 0.15) is 16.6 Å². The molecule has 3 nitrogen and oxygen atoms in total. The Balaban J connectivity index is 1.68. The lowest BCUT2D eigenvalue weighted by molar-refractivity contribution is 0.106. The number of pyridine rings is 1. The molecule has 2 heterocycles. The van der Waals surface area contributed by atoms with Gasteiger partial charge in [-0.15, -0.1) is 0 Å². The Labute approximate surface area is 131 Å². The van der Waals surface area contributed by atoms with Gasteiger partial charge in [0.2, 0.25) is 0 Å². The first-order chi connectivity index (χ1) is 10.7. The Kier molecular flexibility index (Phi) is 4.34. The third kappa shape index (κ3) is 3.62. The highest BCUT2D eigenvalue weighted by Gasteiger charge is 2.14. The van der Waals surface area contributed by atoms with E-state index in [-0.39, 0.29) is 16.7 Å². The fourth-order valence-electron chi connectivity index (χ4n) is 1.94. The molecule has 2 aromatic heterocycles. The molecular weight excluding hydrogens is 301 g/mol. The molecule has 0 atom stereocenters. The highest BCUT2D eigenvalue weighted by Crippen LogP contribution is 2.22. The Morgan fingerprint density at radius 3 is 2.64 bits per heavy atom. The fourth-order valence-corrected chi connectivity index (χ4v) is 2.60. The summed E-state index contributed by atoms with van der Waals surface area (Å²) in [6.07, 6.45) is 2.15. The molecule has 0 fully saturated rings. The van der Waals surface area contributed by atoms with Gasteiger partial charge in [0.15, 0.2) is 5.76 Å². The molecule has 0 bridgehead atoms. The minimum absolute atomic E-state index is 0.191. The van der Waals surface area contributed by atoms with Gasteiger partial charge >= 0.3 is 0 Å². The zero-order valence-electron chi connectivity index (χ0n) is 11.5. The summed E-state index contributed by atoms with van der Waals surface area (Å²) in [6.45, 7) is 0. The zero-order valence-corrected chi connectivity index (χ0v) is 12.3. The number of benzene rings is 1. The first-order valence-electron chi connectivity index (χ1n) is 6.67. The topological polar surface area (TPSA) is 43.1 Å². The van der Waals surface area contributed by atoms with Crippen molar-refractivity contribution < 1.29 is 13.6 Å². The van der Waals surface area contributed by atoms with Crippen molar-refractivity contribution in [3.8, 4) is 0 Å². The monoisotopic (exact) mass is 313 g/mol. The summed E-state index contributed by atoms with van der Waals surface area (Å²) >= 11 is 1.02. The fraction of sp³-hybridized carbons (Fsp3) is 0.0588. The molecule has 5 heteroatoms. The van der Waals surface area contributed by atoms with Crippen LogP contribution in [0, 0.1) is 5.82 Å². The van der Waals surface area contributed by atoms with E-state index in [2.05, 4.69) is 4.98 Å². The molecule has 0 radical (unpaired) electrons. The molecule has 0 aliphatic rings. The second-order valence-electron chi connectivity index (χ2n) is 4.63. The average Bonchev–Trinajstić information content (AvgIpc) is 2.99. The predicted octanol–water partition coefficient (Wildman–Crippen LogP) is 4.34. The van der Waals surface area contributed by atoms with Crippen molar-refractivity contribution in [1.82, 2.24) is 4.98 Å². The van der Waals surface area contributed by atoms with Crippen LogP contribution in [0.25, 0.3) is 0 Å². The number of aromatic nitrogens is 1. The van der Waals surface area contributed by atoms with E-state index in [1.165, 1.54) is 12.1 Å². The quantitative estimate of drug-likeness (QED) is 0.672. The molecule has 0 saturated carbocycles. The lowest BCUT2D eigenvalue weighted by atomic mass is 10.1. The summed E-state index contributed by atoms with van der Waals surface area (Å²) in [5, 5.41) is 0.438. The SMILES string of the molecule is O=C(Sc1ccccn1)c1ccc(Cc2ccc(F)cc2)o1. The molecule has 0 N–H and O–H groups in total. The van der Waals surface area contributed by atoms with Crippen LogP contribution in [0.5, 0.6) is 0 Å². The lowest BCUT2D eigenvalue weighted by Crippen LogP contribution is -1.92. The Bertz CT molecular complexity index is 769. The standard InChI is InChI=1S/C17H12FNO2S/c18-13-6-4-12(5-7-13)11-14-8-9-15(21-14)17(20)22-16-3-1-2-10-19-16/h1-10H,11H2. The van der Waals surface area contributed by atoms with Gasteiger partial charge in [-0.05, 0) is 53.7 Å². The first kappa shape index (κ1) is 14.5. The predicted molar refractivity (Wildman–Crippen MR) is 82.3 cm³/mol. The number of hydrogen-bond acceptors (Lipinski definition) is 4. The minimum atomic E-state index is -0.272. The third-order valence-electron chi connectivity index (χ3n) is 2.99. The van der Waals surface area contributed by atoms with Gasteiger partial charge in [-0.1, -0.05) is 18.2 Å². The summed E-state index contributed by atoms with van der Waals surface area (Å²) in [4.78, 5) is 16.2. The van der Waals surface area contributed by atoms with E-state index in [9.17, 15) is 9.18 Å². The lowest BCUT2D eigenvalue weighted by Gasteiger charge is -1.99. The summed E-state index contributed by atoms with van der Waals surface area (Å²) in [5.41, 5.74) is 0.923.